The Kier molecular flexibility index (Phi) is 3.62. The van der Waals surface area contributed by atoms with Gasteiger partial charge in [-0.1, -0.05) is 23.7 Å². The van der Waals surface area contributed by atoms with Crippen molar-refractivity contribution in [3.63, 3.8) is 0 Å². The van der Waals surface area contributed by atoms with E-state index in [1.807, 2.05) is 12.1 Å². The highest BCUT2D eigenvalue weighted by molar-refractivity contribution is 6.32. The first-order valence-corrected chi connectivity index (χ1v) is 6.68. The summed E-state index contributed by atoms with van der Waals surface area (Å²) in [6.07, 6.45) is -4.36. The van der Waals surface area contributed by atoms with Crippen LogP contribution in [0, 0.1) is 0 Å². The Balaban J connectivity index is 1.91. The van der Waals surface area contributed by atoms with Gasteiger partial charge in [-0.25, -0.2) is 9.97 Å². The van der Waals surface area contributed by atoms with Crippen molar-refractivity contribution in [2.75, 3.05) is 5.32 Å². The molecule has 0 aliphatic heterocycles. The zero-order valence-corrected chi connectivity index (χ0v) is 11.8. The lowest BCUT2D eigenvalue weighted by molar-refractivity contribution is -0.137. The lowest BCUT2D eigenvalue weighted by Crippen LogP contribution is -2.04. The molecule has 112 valence electrons. The zero-order valence-electron chi connectivity index (χ0n) is 11.0. The first-order valence-electron chi connectivity index (χ1n) is 6.30. The number of fused-ring (bicyclic) bond motifs is 1. The Labute approximate surface area is 128 Å². The van der Waals surface area contributed by atoms with E-state index in [1.54, 1.807) is 12.1 Å². The third kappa shape index (κ3) is 2.96. The van der Waals surface area contributed by atoms with Gasteiger partial charge < -0.3 is 5.32 Å². The molecule has 0 saturated heterocycles. The summed E-state index contributed by atoms with van der Waals surface area (Å²) in [5.41, 5.74) is 1.01. The molecule has 3 aromatic rings. The second kappa shape index (κ2) is 5.46. The van der Waals surface area contributed by atoms with E-state index in [0.717, 1.165) is 12.1 Å². The summed E-state index contributed by atoms with van der Waals surface area (Å²) < 4.78 is 37.6. The van der Waals surface area contributed by atoms with E-state index < -0.39 is 11.7 Å². The molecule has 0 aliphatic carbocycles. The fourth-order valence-corrected chi connectivity index (χ4v) is 2.12. The van der Waals surface area contributed by atoms with E-state index in [4.69, 9.17) is 11.6 Å². The highest BCUT2D eigenvalue weighted by Gasteiger charge is 2.29. The maximum atomic E-state index is 12.5. The molecule has 0 spiro atoms. The van der Waals surface area contributed by atoms with Crippen molar-refractivity contribution >= 4 is 34.1 Å². The van der Waals surface area contributed by atoms with Gasteiger partial charge in [0.1, 0.15) is 0 Å². The number of nitrogens with zero attached hydrogens (tertiary/aromatic N) is 2. The number of nitrogens with one attached hydrogen (secondary N) is 1. The SMILES string of the molecule is FC(F)(F)c1ccc(Nc2nc3ccccc3nc2Cl)cc1. The van der Waals surface area contributed by atoms with Gasteiger partial charge in [-0.05, 0) is 36.4 Å². The van der Waals surface area contributed by atoms with Crippen LogP contribution < -0.4 is 5.32 Å². The molecule has 1 heterocycles. The Hall–Kier alpha value is -2.34. The topological polar surface area (TPSA) is 37.8 Å². The lowest BCUT2D eigenvalue weighted by atomic mass is 10.2. The fraction of sp³-hybridized carbons (Fsp3) is 0.0667. The molecule has 0 radical (unpaired) electrons. The van der Waals surface area contributed by atoms with Crippen molar-refractivity contribution in [1.82, 2.24) is 9.97 Å². The van der Waals surface area contributed by atoms with Crippen LogP contribution in [0.2, 0.25) is 5.15 Å². The molecule has 0 fully saturated rings. The van der Waals surface area contributed by atoms with E-state index in [9.17, 15) is 13.2 Å². The molecule has 0 unspecified atom stereocenters. The fourth-order valence-electron chi connectivity index (χ4n) is 1.94. The lowest BCUT2D eigenvalue weighted by Gasteiger charge is -2.10. The molecule has 1 N–H and O–H groups in total. The molecule has 0 atom stereocenters. The molecular weight excluding hydrogens is 315 g/mol. The number of rotatable bonds is 2. The van der Waals surface area contributed by atoms with Crippen LogP contribution in [0.4, 0.5) is 24.7 Å². The minimum absolute atomic E-state index is 0.151. The normalized spacial score (nSPS) is 11.6. The number of halogens is 4. The Morgan fingerprint density at radius 3 is 2.05 bits per heavy atom. The highest BCUT2D eigenvalue weighted by atomic mass is 35.5. The Bertz CT molecular complexity index is 816. The number of benzene rings is 2. The van der Waals surface area contributed by atoms with E-state index in [-0.39, 0.29) is 5.15 Å². The molecule has 1 aromatic heterocycles. The standard InChI is InChI=1S/C15H9ClF3N3/c16-13-14(22-12-4-2-1-3-11(12)21-13)20-10-7-5-9(6-8-10)15(17,18)19/h1-8H,(H,20,22). The third-order valence-electron chi connectivity index (χ3n) is 3.00. The van der Waals surface area contributed by atoms with Crippen molar-refractivity contribution in [3.8, 4) is 0 Å². The minimum Gasteiger partial charge on any atom is -0.338 e. The van der Waals surface area contributed by atoms with Gasteiger partial charge in [0.25, 0.3) is 0 Å². The van der Waals surface area contributed by atoms with Crippen LogP contribution in [0.3, 0.4) is 0 Å². The maximum absolute atomic E-state index is 12.5. The zero-order chi connectivity index (χ0) is 15.7. The van der Waals surface area contributed by atoms with Crippen LogP contribution in [0.25, 0.3) is 11.0 Å². The van der Waals surface area contributed by atoms with Crippen LogP contribution in [-0.4, -0.2) is 9.97 Å². The molecule has 7 heteroatoms. The highest BCUT2D eigenvalue weighted by Crippen LogP contribution is 2.31. The number of hydrogen-bond donors (Lipinski definition) is 1. The molecular formula is C15H9ClF3N3. The van der Waals surface area contributed by atoms with Gasteiger partial charge in [0.05, 0.1) is 16.6 Å². The van der Waals surface area contributed by atoms with Crippen molar-refractivity contribution < 1.29 is 13.2 Å². The monoisotopic (exact) mass is 323 g/mol. The molecule has 3 rings (SSSR count). The van der Waals surface area contributed by atoms with Crippen molar-refractivity contribution in [1.29, 1.82) is 0 Å². The van der Waals surface area contributed by atoms with Crippen molar-refractivity contribution in [2.45, 2.75) is 6.18 Å². The number of aromatic nitrogens is 2. The quantitative estimate of drug-likeness (QED) is 0.717. The number of anilines is 2. The van der Waals surface area contributed by atoms with E-state index in [2.05, 4.69) is 15.3 Å². The van der Waals surface area contributed by atoms with Crippen molar-refractivity contribution in [3.05, 3.63) is 59.2 Å². The molecule has 22 heavy (non-hydrogen) atoms. The van der Waals surface area contributed by atoms with E-state index >= 15 is 0 Å². The smallest absolute Gasteiger partial charge is 0.338 e. The first-order chi connectivity index (χ1) is 10.4. The Morgan fingerprint density at radius 2 is 1.45 bits per heavy atom. The maximum Gasteiger partial charge on any atom is 0.416 e. The molecule has 3 nitrogen and oxygen atoms in total. The van der Waals surface area contributed by atoms with E-state index in [1.165, 1.54) is 12.1 Å². The summed E-state index contributed by atoms with van der Waals surface area (Å²) in [6, 6.07) is 11.8. The van der Waals surface area contributed by atoms with Crippen LogP contribution >= 0.6 is 11.6 Å². The van der Waals surface area contributed by atoms with Crippen LogP contribution in [0.15, 0.2) is 48.5 Å². The van der Waals surface area contributed by atoms with Gasteiger partial charge in [0.2, 0.25) is 0 Å². The predicted octanol–water partition coefficient (Wildman–Crippen LogP) is 5.05. The van der Waals surface area contributed by atoms with Crippen LogP contribution in [0.1, 0.15) is 5.56 Å². The Morgan fingerprint density at radius 1 is 0.864 bits per heavy atom. The predicted molar refractivity (Wildman–Crippen MR) is 79.3 cm³/mol. The third-order valence-corrected chi connectivity index (χ3v) is 3.27. The van der Waals surface area contributed by atoms with Gasteiger partial charge in [-0.2, -0.15) is 13.2 Å². The van der Waals surface area contributed by atoms with Gasteiger partial charge in [-0.3, -0.25) is 0 Å². The minimum atomic E-state index is -4.36. The molecule has 0 aliphatic rings. The van der Waals surface area contributed by atoms with Crippen molar-refractivity contribution in [2.24, 2.45) is 0 Å². The largest absolute Gasteiger partial charge is 0.416 e. The van der Waals surface area contributed by atoms with Crippen LogP contribution in [-0.2, 0) is 6.18 Å². The summed E-state index contributed by atoms with van der Waals surface area (Å²) in [6.45, 7) is 0. The number of alkyl halides is 3. The van der Waals surface area contributed by atoms with Crippen LogP contribution in [0.5, 0.6) is 0 Å². The summed E-state index contributed by atoms with van der Waals surface area (Å²) in [4.78, 5) is 8.50. The first kappa shape index (κ1) is 14.6. The summed E-state index contributed by atoms with van der Waals surface area (Å²) in [5.74, 6) is 0.292. The summed E-state index contributed by atoms with van der Waals surface area (Å²) in [7, 11) is 0. The average Bonchev–Trinajstić information content (AvgIpc) is 2.48. The summed E-state index contributed by atoms with van der Waals surface area (Å²) >= 11 is 6.04. The second-order valence-electron chi connectivity index (χ2n) is 4.55. The number of hydrogen-bond acceptors (Lipinski definition) is 3. The van der Waals surface area contributed by atoms with Gasteiger partial charge in [0.15, 0.2) is 11.0 Å². The molecule has 0 amide bonds. The molecule has 0 saturated carbocycles. The second-order valence-corrected chi connectivity index (χ2v) is 4.91. The number of para-hydroxylation sites is 2. The molecule has 2 aromatic carbocycles. The van der Waals surface area contributed by atoms with E-state index in [0.29, 0.717) is 22.5 Å². The average molecular weight is 324 g/mol. The van der Waals surface area contributed by atoms with Gasteiger partial charge in [0, 0.05) is 5.69 Å². The van der Waals surface area contributed by atoms with Gasteiger partial charge in [-0.15, -0.1) is 0 Å². The molecule has 0 bridgehead atoms. The summed E-state index contributed by atoms with van der Waals surface area (Å²) in [5, 5.41) is 3.02. The van der Waals surface area contributed by atoms with Gasteiger partial charge >= 0.3 is 6.18 Å².